The molecule has 6 heteroatoms. The van der Waals surface area contributed by atoms with Gasteiger partial charge in [0, 0.05) is 30.9 Å². The standard InChI is InChI=1S/C17H25N3O.2ClH/c21-17(7-6-14-8-9-18-13-14)19-15-4-3-5-16(12-15)20-10-1-2-11-20;;/h3-5,12,14,18H,1-2,6-11,13H2,(H,19,21);2*1H. The Bertz CT molecular complexity index is 486. The zero-order chi connectivity index (χ0) is 14.5. The molecule has 4 nitrogen and oxygen atoms in total. The summed E-state index contributed by atoms with van der Waals surface area (Å²) >= 11 is 0. The van der Waals surface area contributed by atoms with Crippen LogP contribution in [0.2, 0.25) is 0 Å². The van der Waals surface area contributed by atoms with E-state index in [1.54, 1.807) is 0 Å². The van der Waals surface area contributed by atoms with Gasteiger partial charge in [0.2, 0.25) is 5.91 Å². The lowest BCUT2D eigenvalue weighted by Crippen LogP contribution is -2.18. The average molecular weight is 360 g/mol. The Morgan fingerprint density at radius 2 is 2.04 bits per heavy atom. The summed E-state index contributed by atoms with van der Waals surface area (Å²) in [6, 6.07) is 8.24. The van der Waals surface area contributed by atoms with Crippen molar-refractivity contribution in [3.63, 3.8) is 0 Å². The molecule has 1 atom stereocenters. The van der Waals surface area contributed by atoms with E-state index in [9.17, 15) is 4.79 Å². The lowest BCUT2D eigenvalue weighted by molar-refractivity contribution is -0.116. The van der Waals surface area contributed by atoms with E-state index in [0.717, 1.165) is 38.3 Å². The predicted molar refractivity (Wildman–Crippen MR) is 101 cm³/mol. The fourth-order valence-corrected chi connectivity index (χ4v) is 3.28. The molecule has 0 saturated carbocycles. The lowest BCUT2D eigenvalue weighted by Gasteiger charge is -2.18. The van der Waals surface area contributed by atoms with Crippen molar-refractivity contribution < 1.29 is 4.79 Å². The number of nitrogens with zero attached hydrogens (tertiary/aromatic N) is 1. The van der Waals surface area contributed by atoms with Crippen molar-refractivity contribution in [2.24, 2.45) is 5.92 Å². The summed E-state index contributed by atoms with van der Waals surface area (Å²) in [5.41, 5.74) is 2.15. The summed E-state index contributed by atoms with van der Waals surface area (Å²) in [6.07, 6.45) is 5.36. The summed E-state index contributed by atoms with van der Waals surface area (Å²) < 4.78 is 0. The van der Waals surface area contributed by atoms with Gasteiger partial charge in [0.05, 0.1) is 0 Å². The Hall–Kier alpha value is -0.970. The molecule has 2 saturated heterocycles. The number of amides is 1. The minimum Gasteiger partial charge on any atom is -0.371 e. The van der Waals surface area contributed by atoms with E-state index in [4.69, 9.17) is 0 Å². The molecule has 2 N–H and O–H groups in total. The SMILES string of the molecule is Cl.Cl.O=C(CCC1CCNC1)Nc1cccc(N2CCCC2)c1. The van der Waals surface area contributed by atoms with Crippen LogP contribution < -0.4 is 15.5 Å². The van der Waals surface area contributed by atoms with Crippen LogP contribution in [0.3, 0.4) is 0 Å². The third-order valence-electron chi connectivity index (χ3n) is 4.54. The summed E-state index contributed by atoms with van der Waals surface area (Å²) in [4.78, 5) is 14.4. The van der Waals surface area contributed by atoms with Crippen molar-refractivity contribution in [1.29, 1.82) is 0 Å². The molecule has 1 aromatic carbocycles. The summed E-state index contributed by atoms with van der Waals surface area (Å²) in [7, 11) is 0. The molecule has 0 aliphatic carbocycles. The van der Waals surface area contributed by atoms with Crippen molar-refractivity contribution in [2.75, 3.05) is 36.4 Å². The number of benzene rings is 1. The normalized spacial score (nSPS) is 19.8. The Labute approximate surface area is 151 Å². The van der Waals surface area contributed by atoms with E-state index >= 15 is 0 Å². The van der Waals surface area contributed by atoms with Gasteiger partial charge in [-0.15, -0.1) is 24.8 Å². The number of hydrogen-bond donors (Lipinski definition) is 2. The third-order valence-corrected chi connectivity index (χ3v) is 4.54. The van der Waals surface area contributed by atoms with Gasteiger partial charge in [-0.2, -0.15) is 0 Å². The summed E-state index contributed by atoms with van der Waals surface area (Å²) in [6.45, 7) is 4.43. The number of hydrogen-bond acceptors (Lipinski definition) is 3. The van der Waals surface area contributed by atoms with Crippen LogP contribution in [0.1, 0.15) is 32.1 Å². The van der Waals surface area contributed by atoms with Crippen LogP contribution in [0.25, 0.3) is 0 Å². The molecule has 0 radical (unpaired) electrons. The Kier molecular flexibility index (Phi) is 8.74. The number of halogens is 2. The maximum Gasteiger partial charge on any atom is 0.224 e. The van der Waals surface area contributed by atoms with Crippen LogP contribution in [0, 0.1) is 5.92 Å². The van der Waals surface area contributed by atoms with Gasteiger partial charge in [-0.25, -0.2) is 0 Å². The molecule has 130 valence electrons. The number of nitrogens with one attached hydrogen (secondary N) is 2. The average Bonchev–Trinajstić information content (AvgIpc) is 3.19. The maximum atomic E-state index is 12.1. The minimum atomic E-state index is 0. The number of rotatable bonds is 5. The van der Waals surface area contributed by atoms with Gasteiger partial charge in [0.1, 0.15) is 0 Å². The highest BCUT2D eigenvalue weighted by atomic mass is 35.5. The van der Waals surface area contributed by atoms with Gasteiger partial charge in [-0.05, 0) is 62.9 Å². The Balaban J connectivity index is 0.00000132. The van der Waals surface area contributed by atoms with Gasteiger partial charge in [-0.3, -0.25) is 4.79 Å². The Morgan fingerprint density at radius 3 is 2.74 bits per heavy atom. The summed E-state index contributed by atoms with van der Waals surface area (Å²) in [5, 5.41) is 6.39. The molecular weight excluding hydrogens is 333 g/mol. The minimum absolute atomic E-state index is 0. The molecule has 2 fully saturated rings. The fraction of sp³-hybridized carbons (Fsp3) is 0.588. The number of anilines is 2. The highest BCUT2D eigenvalue weighted by Gasteiger charge is 2.16. The van der Waals surface area contributed by atoms with Crippen LogP contribution in [-0.2, 0) is 4.79 Å². The van der Waals surface area contributed by atoms with E-state index in [2.05, 4.69) is 27.7 Å². The number of carbonyl (C=O) groups is 1. The van der Waals surface area contributed by atoms with Crippen molar-refractivity contribution in [3.05, 3.63) is 24.3 Å². The number of carbonyl (C=O) groups excluding carboxylic acids is 1. The van der Waals surface area contributed by atoms with Crippen molar-refractivity contribution >= 4 is 42.1 Å². The van der Waals surface area contributed by atoms with E-state index < -0.39 is 0 Å². The van der Waals surface area contributed by atoms with Crippen LogP contribution in [0.15, 0.2) is 24.3 Å². The van der Waals surface area contributed by atoms with Gasteiger partial charge in [-0.1, -0.05) is 6.07 Å². The molecule has 0 bridgehead atoms. The molecule has 1 unspecified atom stereocenters. The monoisotopic (exact) mass is 359 g/mol. The maximum absolute atomic E-state index is 12.1. The van der Waals surface area contributed by atoms with E-state index in [0.29, 0.717) is 12.3 Å². The van der Waals surface area contributed by atoms with Crippen molar-refractivity contribution in [2.45, 2.75) is 32.1 Å². The van der Waals surface area contributed by atoms with Crippen molar-refractivity contribution in [1.82, 2.24) is 5.32 Å². The van der Waals surface area contributed by atoms with Crippen LogP contribution in [-0.4, -0.2) is 32.1 Å². The first-order valence-corrected chi connectivity index (χ1v) is 8.17. The molecular formula is C17H27Cl2N3O. The predicted octanol–water partition coefficient (Wildman–Crippen LogP) is 3.46. The van der Waals surface area contributed by atoms with Crippen molar-refractivity contribution in [3.8, 4) is 0 Å². The van der Waals surface area contributed by atoms with E-state index in [1.807, 2.05) is 12.1 Å². The van der Waals surface area contributed by atoms with E-state index in [-0.39, 0.29) is 30.7 Å². The van der Waals surface area contributed by atoms with E-state index in [1.165, 1.54) is 24.9 Å². The first kappa shape index (κ1) is 20.1. The molecule has 23 heavy (non-hydrogen) atoms. The summed E-state index contributed by atoms with van der Waals surface area (Å²) in [5.74, 6) is 0.812. The molecule has 2 heterocycles. The smallest absolute Gasteiger partial charge is 0.224 e. The molecule has 0 spiro atoms. The molecule has 0 aromatic heterocycles. The van der Waals surface area contributed by atoms with Crippen LogP contribution in [0.4, 0.5) is 11.4 Å². The largest absolute Gasteiger partial charge is 0.371 e. The molecule has 3 rings (SSSR count). The van der Waals surface area contributed by atoms with Crippen LogP contribution >= 0.6 is 24.8 Å². The quantitative estimate of drug-likeness (QED) is 0.845. The topological polar surface area (TPSA) is 44.4 Å². The Morgan fingerprint density at radius 1 is 1.26 bits per heavy atom. The second-order valence-electron chi connectivity index (χ2n) is 6.19. The fourth-order valence-electron chi connectivity index (χ4n) is 3.28. The van der Waals surface area contributed by atoms with Gasteiger partial charge in [0.15, 0.2) is 0 Å². The first-order chi connectivity index (χ1) is 10.3. The van der Waals surface area contributed by atoms with Gasteiger partial charge < -0.3 is 15.5 Å². The third kappa shape index (κ3) is 5.87. The molecule has 1 aromatic rings. The highest BCUT2D eigenvalue weighted by molar-refractivity contribution is 5.91. The first-order valence-electron chi connectivity index (χ1n) is 8.17. The van der Waals surface area contributed by atoms with Gasteiger partial charge >= 0.3 is 0 Å². The zero-order valence-corrected chi connectivity index (χ0v) is 15.1. The van der Waals surface area contributed by atoms with Gasteiger partial charge in [0.25, 0.3) is 0 Å². The highest BCUT2D eigenvalue weighted by Crippen LogP contribution is 2.23. The second kappa shape index (κ2) is 10.0. The van der Waals surface area contributed by atoms with Crippen LogP contribution in [0.5, 0.6) is 0 Å². The molecule has 2 aliphatic rings. The second-order valence-corrected chi connectivity index (χ2v) is 6.19. The zero-order valence-electron chi connectivity index (χ0n) is 13.4. The molecule has 1 amide bonds. The lowest BCUT2D eigenvalue weighted by atomic mass is 10.0. The molecule has 2 aliphatic heterocycles.